The summed E-state index contributed by atoms with van der Waals surface area (Å²) in [5.41, 5.74) is 0. The van der Waals surface area contributed by atoms with Gasteiger partial charge in [-0.05, 0) is 116 Å². The summed E-state index contributed by atoms with van der Waals surface area (Å²) < 4.78 is 28.6. The summed E-state index contributed by atoms with van der Waals surface area (Å²) in [6.45, 7) is 5.91. The lowest BCUT2D eigenvalue weighted by Gasteiger charge is -2.40. The molecule has 0 radical (unpaired) electrons. The molecule has 0 aromatic heterocycles. The Morgan fingerprint density at radius 3 is 1.13 bits per heavy atom. The number of rotatable bonds is 61. The number of carboxylic acid groups (broad SMARTS) is 1. The average molecular weight is 1220 g/mol. The lowest BCUT2D eigenvalue weighted by atomic mass is 9.98. The highest BCUT2D eigenvalue weighted by Gasteiger charge is 2.50. The number of carbonyl (C=O) groups is 4. The normalized spacial score (nSPS) is 17.8. The van der Waals surface area contributed by atoms with Gasteiger partial charge in [-0.2, -0.15) is 0 Å². The predicted octanol–water partition coefficient (Wildman–Crippen LogP) is 19.8. The van der Waals surface area contributed by atoms with E-state index in [1.54, 1.807) is 0 Å². The molecule has 1 rings (SSSR count). The zero-order chi connectivity index (χ0) is 63.1. The van der Waals surface area contributed by atoms with Crippen LogP contribution in [-0.2, 0) is 42.9 Å². The molecule has 6 unspecified atom stereocenters. The summed E-state index contributed by atoms with van der Waals surface area (Å²) in [7, 11) is 0. The topological polar surface area (TPSA) is 175 Å². The minimum Gasteiger partial charge on any atom is -0.479 e. The molecular weight excluding hydrogens is 1090 g/mol. The molecule has 500 valence electrons. The molecule has 0 saturated carbocycles. The van der Waals surface area contributed by atoms with E-state index in [-0.39, 0.29) is 25.9 Å². The van der Waals surface area contributed by atoms with Gasteiger partial charge in [0.05, 0.1) is 6.61 Å². The second-order valence-electron chi connectivity index (χ2n) is 24.1. The third-order valence-corrected chi connectivity index (χ3v) is 15.9. The second kappa shape index (κ2) is 62.1. The molecule has 1 aliphatic heterocycles. The van der Waals surface area contributed by atoms with E-state index in [0.717, 1.165) is 96.3 Å². The molecule has 12 nitrogen and oxygen atoms in total. The molecule has 0 spiro atoms. The maximum absolute atomic E-state index is 13.3. The lowest BCUT2D eigenvalue weighted by Crippen LogP contribution is -2.61. The van der Waals surface area contributed by atoms with Crippen LogP contribution in [0.5, 0.6) is 0 Å². The molecule has 1 saturated heterocycles. The SMILES string of the molecule is CC/C=C\C/C=C\C/C=C\C/C=C\C/C=C\CCCCCC(=O)OC1C(OCC(COC(=O)CCCCCCCCCCC/C=C\CCCCCCCC)OC(=O)CCCCCCCCCCC/C=C\CCCCCCCC)OC(C(=O)O)C(O)C1O. The minimum absolute atomic E-state index is 0.0193. The van der Waals surface area contributed by atoms with Crippen LogP contribution in [0.25, 0.3) is 0 Å². The molecule has 0 bridgehead atoms. The van der Waals surface area contributed by atoms with E-state index in [2.05, 4.69) is 106 Å². The van der Waals surface area contributed by atoms with Gasteiger partial charge in [-0.1, -0.05) is 266 Å². The van der Waals surface area contributed by atoms with E-state index >= 15 is 0 Å². The van der Waals surface area contributed by atoms with Crippen LogP contribution < -0.4 is 0 Å². The fourth-order valence-corrected chi connectivity index (χ4v) is 10.5. The van der Waals surface area contributed by atoms with Crippen LogP contribution in [0.3, 0.4) is 0 Å². The van der Waals surface area contributed by atoms with Crippen LogP contribution in [0.15, 0.2) is 85.1 Å². The standard InChI is InChI=1S/C75H128O12/c1-4-7-10-13-16-19-22-25-28-31-34-37-40-43-46-49-52-55-58-61-67(76)83-64-66(85-68(77)62-59-56-53-50-47-44-41-38-35-32-29-26-23-20-17-14-11-8-5-2)65-84-75-73(71(80)70(79)72(87-75)74(81)82)86-69(78)63-60-57-54-51-48-45-42-39-36-33-30-27-24-21-18-15-12-9-6-3/h9,12,18,21,25-30,36,39,45,48,66,70-73,75,79-80H,4-8,10-11,13-17,19-20,22-24,31-35,37-38,40-44,46-47,49-65H2,1-3H3,(H,81,82)/b12-9-,21-18-,28-25-,29-26-,30-27-,39-36-,48-45-. The van der Waals surface area contributed by atoms with Crippen molar-refractivity contribution < 1.29 is 58.2 Å². The van der Waals surface area contributed by atoms with Crippen LogP contribution in [0.1, 0.15) is 316 Å². The van der Waals surface area contributed by atoms with Crippen LogP contribution in [0.2, 0.25) is 0 Å². The Bertz CT molecular complexity index is 1830. The fraction of sp³-hybridized carbons (Fsp3) is 0.760. The zero-order valence-corrected chi connectivity index (χ0v) is 55.5. The predicted molar refractivity (Wildman–Crippen MR) is 358 cm³/mol. The fourth-order valence-electron chi connectivity index (χ4n) is 10.5. The summed E-state index contributed by atoms with van der Waals surface area (Å²) in [6.07, 6.45) is 69.6. The number of aliphatic hydroxyl groups is 2. The Kier molecular flexibility index (Phi) is 57.8. The van der Waals surface area contributed by atoms with Gasteiger partial charge in [0.2, 0.25) is 0 Å². The number of unbranched alkanes of at least 4 members (excludes halogenated alkanes) is 33. The molecule has 0 aromatic carbocycles. The molecule has 3 N–H and O–H groups in total. The first kappa shape index (κ1) is 80.9. The molecular formula is C75H128O12. The van der Waals surface area contributed by atoms with Crippen molar-refractivity contribution in [2.24, 2.45) is 0 Å². The van der Waals surface area contributed by atoms with Crippen LogP contribution in [0.4, 0.5) is 0 Å². The Hall–Kier alpha value is -4.10. The highest BCUT2D eigenvalue weighted by molar-refractivity contribution is 5.74. The van der Waals surface area contributed by atoms with Crippen LogP contribution in [0, 0.1) is 0 Å². The smallest absolute Gasteiger partial charge is 0.335 e. The van der Waals surface area contributed by atoms with Crippen LogP contribution in [-0.4, -0.2) is 89.2 Å². The summed E-state index contributed by atoms with van der Waals surface area (Å²) >= 11 is 0. The van der Waals surface area contributed by atoms with Gasteiger partial charge >= 0.3 is 23.9 Å². The van der Waals surface area contributed by atoms with E-state index in [4.69, 9.17) is 23.7 Å². The number of hydrogen-bond donors (Lipinski definition) is 3. The third-order valence-electron chi connectivity index (χ3n) is 15.9. The number of hydrogen-bond acceptors (Lipinski definition) is 11. The number of ether oxygens (including phenoxy) is 5. The second-order valence-corrected chi connectivity index (χ2v) is 24.1. The largest absolute Gasteiger partial charge is 0.479 e. The summed E-state index contributed by atoms with van der Waals surface area (Å²) in [5, 5.41) is 31.7. The molecule has 0 aliphatic carbocycles. The highest BCUT2D eigenvalue weighted by atomic mass is 16.7. The van der Waals surface area contributed by atoms with Gasteiger partial charge in [-0.15, -0.1) is 0 Å². The monoisotopic (exact) mass is 1220 g/mol. The van der Waals surface area contributed by atoms with E-state index in [9.17, 15) is 34.5 Å². The Morgan fingerprint density at radius 2 is 0.724 bits per heavy atom. The van der Waals surface area contributed by atoms with Crippen molar-refractivity contribution in [3.05, 3.63) is 85.1 Å². The number of carboxylic acids is 1. The molecule has 0 aromatic rings. The van der Waals surface area contributed by atoms with Gasteiger partial charge in [0, 0.05) is 19.3 Å². The van der Waals surface area contributed by atoms with Crippen molar-refractivity contribution >= 4 is 23.9 Å². The first-order chi connectivity index (χ1) is 42.6. The van der Waals surface area contributed by atoms with Gasteiger partial charge in [0.1, 0.15) is 18.8 Å². The first-order valence-corrected chi connectivity index (χ1v) is 35.6. The Labute approximate surface area is 531 Å². The van der Waals surface area contributed by atoms with E-state index in [1.807, 2.05) is 0 Å². The Balaban J connectivity index is 2.65. The highest BCUT2D eigenvalue weighted by Crippen LogP contribution is 2.27. The van der Waals surface area contributed by atoms with E-state index < -0.39 is 67.3 Å². The number of esters is 3. The summed E-state index contributed by atoms with van der Waals surface area (Å²) in [6, 6.07) is 0. The van der Waals surface area contributed by atoms with Crippen molar-refractivity contribution in [2.45, 2.75) is 353 Å². The quantitative estimate of drug-likeness (QED) is 0.0228. The minimum atomic E-state index is -1.92. The maximum Gasteiger partial charge on any atom is 0.335 e. The molecule has 0 amide bonds. The molecule has 1 fully saturated rings. The van der Waals surface area contributed by atoms with Crippen molar-refractivity contribution in [2.75, 3.05) is 13.2 Å². The zero-order valence-electron chi connectivity index (χ0n) is 55.5. The first-order valence-electron chi connectivity index (χ1n) is 35.6. The molecule has 1 heterocycles. The third kappa shape index (κ3) is 51.4. The summed E-state index contributed by atoms with van der Waals surface area (Å²) in [5.74, 6) is -3.15. The summed E-state index contributed by atoms with van der Waals surface area (Å²) in [4.78, 5) is 51.5. The Morgan fingerprint density at radius 1 is 0.391 bits per heavy atom. The molecule has 12 heteroatoms. The van der Waals surface area contributed by atoms with Crippen molar-refractivity contribution in [3.8, 4) is 0 Å². The van der Waals surface area contributed by atoms with Gasteiger partial charge in [0.25, 0.3) is 0 Å². The molecule has 1 aliphatic rings. The van der Waals surface area contributed by atoms with E-state index in [0.29, 0.717) is 19.3 Å². The lowest BCUT2D eigenvalue weighted by molar-refractivity contribution is -0.301. The van der Waals surface area contributed by atoms with Crippen LogP contribution >= 0.6 is 0 Å². The number of carbonyl (C=O) groups excluding carboxylic acids is 3. The number of aliphatic carboxylic acids is 1. The number of aliphatic hydroxyl groups excluding tert-OH is 2. The molecule has 87 heavy (non-hydrogen) atoms. The van der Waals surface area contributed by atoms with Gasteiger partial charge in [0.15, 0.2) is 24.6 Å². The van der Waals surface area contributed by atoms with Crippen molar-refractivity contribution in [1.29, 1.82) is 0 Å². The number of allylic oxidation sites excluding steroid dienone is 14. The van der Waals surface area contributed by atoms with Gasteiger partial charge in [-0.25, -0.2) is 4.79 Å². The van der Waals surface area contributed by atoms with E-state index in [1.165, 1.54) is 161 Å². The van der Waals surface area contributed by atoms with Crippen molar-refractivity contribution in [1.82, 2.24) is 0 Å². The maximum atomic E-state index is 13.3. The van der Waals surface area contributed by atoms with Gasteiger partial charge < -0.3 is 39.0 Å². The van der Waals surface area contributed by atoms with Gasteiger partial charge in [-0.3, -0.25) is 14.4 Å². The average Bonchev–Trinajstić information content (AvgIpc) is 2.60. The molecule has 6 atom stereocenters. The van der Waals surface area contributed by atoms with Crippen molar-refractivity contribution in [3.63, 3.8) is 0 Å².